The SMILES string of the molecule is CN(C)CC(O)Cc1ccc2c(=O)c3ccc(CC(O)CN(C)C)cc3oc2c1. The second kappa shape index (κ2) is 9.05. The number of rotatable bonds is 8. The molecular weight excluding hydrogens is 368 g/mol. The van der Waals surface area contributed by atoms with Crippen molar-refractivity contribution in [2.24, 2.45) is 0 Å². The summed E-state index contributed by atoms with van der Waals surface area (Å²) in [5.41, 5.74) is 2.81. The average molecular weight is 399 g/mol. The zero-order valence-corrected chi connectivity index (χ0v) is 17.6. The third kappa shape index (κ3) is 5.42. The first-order valence-electron chi connectivity index (χ1n) is 9.87. The molecule has 0 saturated heterocycles. The van der Waals surface area contributed by atoms with Gasteiger partial charge in [0.1, 0.15) is 11.2 Å². The lowest BCUT2D eigenvalue weighted by atomic mass is 10.0. The molecule has 0 bridgehead atoms. The maximum absolute atomic E-state index is 12.9. The fourth-order valence-corrected chi connectivity index (χ4v) is 3.71. The summed E-state index contributed by atoms with van der Waals surface area (Å²) in [7, 11) is 7.67. The molecule has 6 heteroatoms. The highest BCUT2D eigenvalue weighted by Gasteiger charge is 2.13. The molecule has 156 valence electrons. The molecule has 0 saturated carbocycles. The van der Waals surface area contributed by atoms with E-state index in [4.69, 9.17) is 4.42 Å². The Hall–Kier alpha value is -2.25. The van der Waals surface area contributed by atoms with Gasteiger partial charge in [0.05, 0.1) is 23.0 Å². The lowest BCUT2D eigenvalue weighted by Gasteiger charge is -2.16. The quantitative estimate of drug-likeness (QED) is 0.564. The molecule has 2 N–H and O–H groups in total. The second-order valence-electron chi connectivity index (χ2n) is 8.33. The van der Waals surface area contributed by atoms with Crippen LogP contribution in [0.15, 0.2) is 45.6 Å². The van der Waals surface area contributed by atoms with Gasteiger partial charge in [0.15, 0.2) is 0 Å². The highest BCUT2D eigenvalue weighted by atomic mass is 16.3. The van der Waals surface area contributed by atoms with Gasteiger partial charge in [0, 0.05) is 13.1 Å². The van der Waals surface area contributed by atoms with E-state index in [0.717, 1.165) is 11.1 Å². The molecule has 2 unspecified atom stereocenters. The fraction of sp³-hybridized carbons (Fsp3) is 0.435. The normalized spacial score (nSPS) is 14.2. The highest BCUT2D eigenvalue weighted by molar-refractivity contribution is 5.90. The average Bonchev–Trinajstić information content (AvgIpc) is 2.60. The van der Waals surface area contributed by atoms with Gasteiger partial charge in [-0.2, -0.15) is 0 Å². The van der Waals surface area contributed by atoms with Gasteiger partial charge in [0.25, 0.3) is 0 Å². The summed E-state index contributed by atoms with van der Waals surface area (Å²) in [4.78, 5) is 16.7. The number of benzene rings is 2. The molecule has 2 atom stereocenters. The number of hydrogen-bond acceptors (Lipinski definition) is 6. The first kappa shape index (κ1) is 21.5. The Kier molecular flexibility index (Phi) is 6.70. The van der Waals surface area contributed by atoms with Crippen LogP contribution in [-0.4, -0.2) is 73.5 Å². The largest absolute Gasteiger partial charge is 0.456 e. The topological polar surface area (TPSA) is 77.1 Å². The van der Waals surface area contributed by atoms with Crippen molar-refractivity contribution in [3.05, 3.63) is 57.7 Å². The van der Waals surface area contributed by atoms with Gasteiger partial charge in [0.2, 0.25) is 5.43 Å². The molecule has 0 spiro atoms. The molecular formula is C23H30N2O4. The van der Waals surface area contributed by atoms with E-state index in [1.807, 2.05) is 62.3 Å². The second-order valence-corrected chi connectivity index (χ2v) is 8.33. The van der Waals surface area contributed by atoms with Crippen molar-refractivity contribution in [2.45, 2.75) is 25.0 Å². The van der Waals surface area contributed by atoms with Crippen LogP contribution in [0.1, 0.15) is 11.1 Å². The van der Waals surface area contributed by atoms with Crippen molar-refractivity contribution >= 4 is 21.9 Å². The van der Waals surface area contributed by atoms with Gasteiger partial charge in [-0.05, 0) is 76.4 Å². The summed E-state index contributed by atoms with van der Waals surface area (Å²) >= 11 is 0. The third-order valence-electron chi connectivity index (χ3n) is 4.90. The third-order valence-corrected chi connectivity index (χ3v) is 4.90. The molecule has 6 nitrogen and oxygen atoms in total. The number of likely N-dealkylation sites (N-methyl/N-ethyl adjacent to an activating group) is 2. The summed E-state index contributed by atoms with van der Waals surface area (Å²) in [6.07, 6.45) is 0.0121. The lowest BCUT2D eigenvalue weighted by Crippen LogP contribution is -2.27. The van der Waals surface area contributed by atoms with Crippen LogP contribution in [0.25, 0.3) is 21.9 Å². The molecule has 0 fully saturated rings. The van der Waals surface area contributed by atoms with Crippen molar-refractivity contribution in [1.82, 2.24) is 9.80 Å². The number of hydrogen-bond donors (Lipinski definition) is 2. The van der Waals surface area contributed by atoms with E-state index in [1.54, 1.807) is 12.1 Å². The van der Waals surface area contributed by atoms with Gasteiger partial charge in [-0.15, -0.1) is 0 Å². The maximum atomic E-state index is 12.9. The minimum Gasteiger partial charge on any atom is -0.456 e. The summed E-state index contributed by atoms with van der Waals surface area (Å²) in [6.45, 7) is 1.14. The Bertz CT molecular complexity index is 963. The van der Waals surface area contributed by atoms with Crippen LogP contribution in [0.4, 0.5) is 0 Å². The van der Waals surface area contributed by atoms with E-state index in [-0.39, 0.29) is 5.43 Å². The molecule has 0 aliphatic heterocycles. The van der Waals surface area contributed by atoms with Gasteiger partial charge in [-0.1, -0.05) is 12.1 Å². The number of nitrogens with zero attached hydrogens (tertiary/aromatic N) is 2. The lowest BCUT2D eigenvalue weighted by molar-refractivity contribution is 0.136. The van der Waals surface area contributed by atoms with Crippen molar-refractivity contribution in [3.63, 3.8) is 0 Å². The first-order chi connectivity index (χ1) is 13.7. The Morgan fingerprint density at radius 1 is 0.793 bits per heavy atom. The molecule has 0 radical (unpaired) electrons. The van der Waals surface area contributed by atoms with Gasteiger partial charge in [-0.3, -0.25) is 4.79 Å². The van der Waals surface area contributed by atoms with Crippen molar-refractivity contribution in [1.29, 1.82) is 0 Å². The Morgan fingerprint density at radius 2 is 1.21 bits per heavy atom. The van der Waals surface area contributed by atoms with E-state index in [9.17, 15) is 15.0 Å². The molecule has 29 heavy (non-hydrogen) atoms. The molecule has 2 aromatic carbocycles. The zero-order chi connectivity index (χ0) is 21.1. The molecule has 3 rings (SSSR count). The van der Waals surface area contributed by atoms with E-state index >= 15 is 0 Å². The van der Waals surface area contributed by atoms with Crippen LogP contribution in [0, 0.1) is 0 Å². The Morgan fingerprint density at radius 3 is 1.59 bits per heavy atom. The summed E-state index contributed by atoms with van der Waals surface area (Å²) in [5, 5.41) is 21.4. The van der Waals surface area contributed by atoms with Crippen molar-refractivity contribution in [3.8, 4) is 0 Å². The fourth-order valence-electron chi connectivity index (χ4n) is 3.71. The minimum atomic E-state index is -0.487. The van der Waals surface area contributed by atoms with E-state index in [2.05, 4.69) is 0 Å². The van der Waals surface area contributed by atoms with Crippen LogP contribution >= 0.6 is 0 Å². The standard InChI is InChI=1S/C23H30N2O4/c1-24(2)13-17(26)9-15-5-7-19-21(11-15)29-22-12-16(6-8-20(22)23(19)28)10-18(27)14-25(3)4/h5-8,11-12,17-18,26-27H,9-10,13-14H2,1-4H3. The van der Waals surface area contributed by atoms with Crippen molar-refractivity contribution in [2.75, 3.05) is 41.3 Å². The Balaban J connectivity index is 1.93. The van der Waals surface area contributed by atoms with Crippen LogP contribution < -0.4 is 5.43 Å². The van der Waals surface area contributed by atoms with Gasteiger partial charge >= 0.3 is 0 Å². The predicted octanol–water partition coefficient (Wildman–Crippen LogP) is 1.88. The van der Waals surface area contributed by atoms with Crippen LogP contribution in [0.5, 0.6) is 0 Å². The van der Waals surface area contributed by atoms with E-state index in [0.29, 0.717) is 47.9 Å². The predicted molar refractivity (Wildman–Crippen MR) is 117 cm³/mol. The number of fused-ring (bicyclic) bond motifs is 2. The monoisotopic (exact) mass is 398 g/mol. The van der Waals surface area contributed by atoms with Gasteiger partial charge < -0.3 is 24.4 Å². The summed E-state index contributed by atoms with van der Waals surface area (Å²) < 4.78 is 6.05. The van der Waals surface area contributed by atoms with Crippen LogP contribution in [-0.2, 0) is 12.8 Å². The van der Waals surface area contributed by atoms with Crippen LogP contribution in [0.3, 0.4) is 0 Å². The molecule has 0 amide bonds. The van der Waals surface area contributed by atoms with Crippen LogP contribution in [0.2, 0.25) is 0 Å². The number of aliphatic hydroxyl groups excluding tert-OH is 2. The Labute approximate surface area is 171 Å². The smallest absolute Gasteiger partial charge is 0.200 e. The molecule has 3 aromatic rings. The minimum absolute atomic E-state index is 0.0676. The number of aliphatic hydroxyl groups is 2. The summed E-state index contributed by atoms with van der Waals surface area (Å²) in [5.74, 6) is 0. The summed E-state index contributed by atoms with van der Waals surface area (Å²) in [6, 6.07) is 11.0. The molecule has 0 aliphatic carbocycles. The molecule has 1 heterocycles. The van der Waals surface area contributed by atoms with E-state index in [1.165, 1.54) is 0 Å². The first-order valence-corrected chi connectivity index (χ1v) is 9.87. The van der Waals surface area contributed by atoms with Gasteiger partial charge in [-0.25, -0.2) is 0 Å². The van der Waals surface area contributed by atoms with Crippen molar-refractivity contribution < 1.29 is 14.6 Å². The zero-order valence-electron chi connectivity index (χ0n) is 17.6. The maximum Gasteiger partial charge on any atom is 0.200 e. The highest BCUT2D eigenvalue weighted by Crippen LogP contribution is 2.22. The van der Waals surface area contributed by atoms with E-state index < -0.39 is 12.2 Å². The molecule has 1 aromatic heterocycles. The molecule has 0 aliphatic rings.